The van der Waals surface area contributed by atoms with Crippen LogP contribution in [0.3, 0.4) is 0 Å². The summed E-state index contributed by atoms with van der Waals surface area (Å²) >= 11 is 0. The van der Waals surface area contributed by atoms with E-state index in [2.05, 4.69) is 10.6 Å². The predicted octanol–water partition coefficient (Wildman–Crippen LogP) is 1.53. The van der Waals surface area contributed by atoms with Crippen molar-refractivity contribution in [3.8, 4) is 5.75 Å². The summed E-state index contributed by atoms with van der Waals surface area (Å²) in [6.45, 7) is 1.79. The zero-order chi connectivity index (χ0) is 13.5. The molecule has 0 heterocycles. The molecule has 1 rings (SSSR count). The minimum absolute atomic E-state index is 0.0484. The summed E-state index contributed by atoms with van der Waals surface area (Å²) < 4.78 is 5.02. The number of nitrogens with one attached hydrogen (secondary N) is 3. The molecular formula is C12H18N4O2. The Kier molecular flexibility index (Phi) is 4.98. The number of hydrogen-bond acceptors (Lipinski definition) is 3. The van der Waals surface area contributed by atoms with Crippen molar-refractivity contribution in [1.29, 1.82) is 5.41 Å². The zero-order valence-corrected chi connectivity index (χ0v) is 10.5. The summed E-state index contributed by atoms with van der Waals surface area (Å²) in [7, 11) is 1.58. The topological polar surface area (TPSA) is 100 Å². The van der Waals surface area contributed by atoms with Crippen LogP contribution < -0.4 is 21.1 Å². The number of benzene rings is 1. The lowest BCUT2D eigenvalue weighted by Gasteiger charge is -2.13. The van der Waals surface area contributed by atoms with Crippen LogP contribution >= 0.6 is 0 Å². The molecule has 0 aliphatic rings. The van der Waals surface area contributed by atoms with Crippen molar-refractivity contribution < 1.29 is 9.53 Å². The first-order valence-corrected chi connectivity index (χ1v) is 5.55. The van der Waals surface area contributed by atoms with Gasteiger partial charge in [0.15, 0.2) is 0 Å². The highest BCUT2D eigenvalue weighted by molar-refractivity contribution is 5.90. The normalized spacial score (nSPS) is 11.4. The third kappa shape index (κ3) is 4.73. The van der Waals surface area contributed by atoms with Crippen molar-refractivity contribution >= 4 is 17.6 Å². The lowest BCUT2D eigenvalue weighted by molar-refractivity contribution is 0.249. The molecule has 0 aliphatic carbocycles. The molecule has 0 radical (unpaired) electrons. The van der Waals surface area contributed by atoms with Crippen molar-refractivity contribution in [2.75, 3.05) is 12.4 Å². The van der Waals surface area contributed by atoms with Crippen LogP contribution in [-0.4, -0.2) is 25.0 Å². The van der Waals surface area contributed by atoms with E-state index in [4.69, 9.17) is 15.9 Å². The minimum Gasteiger partial charge on any atom is -0.497 e. The summed E-state index contributed by atoms with van der Waals surface area (Å²) in [6.07, 6.45) is 0.329. The van der Waals surface area contributed by atoms with Gasteiger partial charge in [0.1, 0.15) is 5.75 Å². The van der Waals surface area contributed by atoms with Crippen molar-refractivity contribution in [2.45, 2.75) is 19.4 Å². The van der Waals surface area contributed by atoms with Gasteiger partial charge in [0.2, 0.25) is 0 Å². The molecule has 1 atom stereocenters. The minimum atomic E-state index is -0.325. The Balaban J connectivity index is 2.46. The second kappa shape index (κ2) is 6.48. The maximum absolute atomic E-state index is 11.6. The number of nitrogens with two attached hydrogens (primary N) is 1. The van der Waals surface area contributed by atoms with Gasteiger partial charge >= 0.3 is 6.03 Å². The van der Waals surface area contributed by atoms with E-state index in [0.717, 1.165) is 5.75 Å². The Bertz CT molecular complexity index is 417. The quantitative estimate of drug-likeness (QED) is 0.471. The fourth-order valence-corrected chi connectivity index (χ4v) is 1.45. The molecule has 6 nitrogen and oxygen atoms in total. The predicted molar refractivity (Wildman–Crippen MR) is 71.1 cm³/mol. The summed E-state index contributed by atoms with van der Waals surface area (Å²) in [4.78, 5) is 11.6. The highest BCUT2D eigenvalue weighted by Gasteiger charge is 2.08. The molecule has 0 saturated carbocycles. The van der Waals surface area contributed by atoms with Gasteiger partial charge in [0.05, 0.1) is 12.9 Å². The Morgan fingerprint density at radius 3 is 2.56 bits per heavy atom. The summed E-state index contributed by atoms with van der Waals surface area (Å²) in [5.41, 5.74) is 5.92. The van der Waals surface area contributed by atoms with E-state index in [1.165, 1.54) is 0 Å². The van der Waals surface area contributed by atoms with Crippen LogP contribution in [0.4, 0.5) is 10.5 Å². The fourth-order valence-electron chi connectivity index (χ4n) is 1.45. The molecule has 18 heavy (non-hydrogen) atoms. The van der Waals surface area contributed by atoms with E-state index in [1.807, 2.05) is 0 Å². The van der Waals surface area contributed by atoms with E-state index in [-0.39, 0.29) is 17.9 Å². The lowest BCUT2D eigenvalue weighted by atomic mass is 10.2. The second-order valence-electron chi connectivity index (χ2n) is 3.96. The number of ether oxygens (including phenoxy) is 1. The van der Waals surface area contributed by atoms with Crippen molar-refractivity contribution in [3.63, 3.8) is 0 Å². The molecular weight excluding hydrogens is 232 g/mol. The number of urea groups is 1. The monoisotopic (exact) mass is 250 g/mol. The number of hydrogen-bond donors (Lipinski definition) is 4. The molecule has 1 aromatic carbocycles. The third-order valence-corrected chi connectivity index (χ3v) is 2.25. The van der Waals surface area contributed by atoms with Crippen LogP contribution in [0.1, 0.15) is 13.3 Å². The standard InChI is InChI=1S/C12H18N4O2/c1-8(7-11(13)14)15-12(17)16-9-3-5-10(18-2)6-4-9/h3-6,8H,7H2,1-2H3,(H3,13,14)(H2,15,16,17). The van der Waals surface area contributed by atoms with Crippen LogP contribution in [-0.2, 0) is 0 Å². The number of rotatable bonds is 5. The van der Waals surface area contributed by atoms with Gasteiger partial charge in [-0.3, -0.25) is 5.41 Å². The van der Waals surface area contributed by atoms with Crippen LogP contribution in [0.2, 0.25) is 0 Å². The van der Waals surface area contributed by atoms with E-state index in [0.29, 0.717) is 12.1 Å². The summed E-state index contributed by atoms with van der Waals surface area (Å²) in [5.74, 6) is 0.776. The molecule has 98 valence electrons. The number of carbonyl (C=O) groups excluding carboxylic acids is 1. The molecule has 2 amide bonds. The Hall–Kier alpha value is -2.24. The number of amidine groups is 1. The van der Waals surface area contributed by atoms with Crippen LogP contribution in [0.5, 0.6) is 5.75 Å². The molecule has 1 aromatic rings. The van der Waals surface area contributed by atoms with Gasteiger partial charge in [-0.25, -0.2) is 4.79 Å². The lowest BCUT2D eigenvalue weighted by Crippen LogP contribution is -2.38. The van der Waals surface area contributed by atoms with Crippen LogP contribution in [0, 0.1) is 5.41 Å². The fraction of sp³-hybridized carbons (Fsp3) is 0.333. The largest absolute Gasteiger partial charge is 0.497 e. The van der Waals surface area contributed by atoms with Gasteiger partial charge in [-0.15, -0.1) is 0 Å². The molecule has 1 unspecified atom stereocenters. The van der Waals surface area contributed by atoms with Crippen molar-refractivity contribution in [1.82, 2.24) is 5.32 Å². The molecule has 6 heteroatoms. The Morgan fingerprint density at radius 1 is 1.44 bits per heavy atom. The Labute approximate surface area is 106 Å². The number of carbonyl (C=O) groups is 1. The number of anilines is 1. The van der Waals surface area contributed by atoms with Crippen molar-refractivity contribution in [3.05, 3.63) is 24.3 Å². The molecule has 0 bridgehead atoms. The van der Waals surface area contributed by atoms with Gasteiger partial charge in [-0.2, -0.15) is 0 Å². The molecule has 5 N–H and O–H groups in total. The maximum Gasteiger partial charge on any atom is 0.319 e. The number of methoxy groups -OCH3 is 1. The van der Waals surface area contributed by atoms with Crippen LogP contribution in [0.15, 0.2) is 24.3 Å². The maximum atomic E-state index is 11.6. The first-order valence-electron chi connectivity index (χ1n) is 5.55. The van der Waals surface area contributed by atoms with Gasteiger partial charge < -0.3 is 21.1 Å². The number of amides is 2. The molecule has 0 fully saturated rings. The third-order valence-electron chi connectivity index (χ3n) is 2.25. The first-order chi connectivity index (χ1) is 8.51. The van der Waals surface area contributed by atoms with Gasteiger partial charge in [0, 0.05) is 18.2 Å². The molecule has 0 spiro atoms. The summed E-state index contributed by atoms with van der Waals surface area (Å²) in [6, 6.07) is 6.50. The first kappa shape index (κ1) is 13.8. The van der Waals surface area contributed by atoms with Crippen molar-refractivity contribution in [2.24, 2.45) is 5.73 Å². The van der Waals surface area contributed by atoms with Gasteiger partial charge in [0.25, 0.3) is 0 Å². The Morgan fingerprint density at radius 2 is 2.06 bits per heavy atom. The van der Waals surface area contributed by atoms with Crippen LogP contribution in [0.25, 0.3) is 0 Å². The van der Waals surface area contributed by atoms with E-state index >= 15 is 0 Å². The molecule has 0 aromatic heterocycles. The van der Waals surface area contributed by atoms with Gasteiger partial charge in [-0.1, -0.05) is 0 Å². The molecule has 0 aliphatic heterocycles. The summed E-state index contributed by atoms with van der Waals surface area (Å²) in [5, 5.41) is 12.5. The molecule has 0 saturated heterocycles. The van der Waals surface area contributed by atoms with E-state index in [1.54, 1.807) is 38.3 Å². The van der Waals surface area contributed by atoms with E-state index in [9.17, 15) is 4.79 Å². The average molecular weight is 250 g/mol. The van der Waals surface area contributed by atoms with E-state index < -0.39 is 0 Å². The second-order valence-corrected chi connectivity index (χ2v) is 3.96. The SMILES string of the molecule is COc1ccc(NC(=O)NC(C)CC(=N)N)cc1. The average Bonchev–Trinajstić information content (AvgIpc) is 2.28. The highest BCUT2D eigenvalue weighted by atomic mass is 16.5. The van der Waals surface area contributed by atoms with Gasteiger partial charge in [-0.05, 0) is 31.2 Å². The zero-order valence-electron chi connectivity index (χ0n) is 10.5. The smallest absolute Gasteiger partial charge is 0.319 e. The highest BCUT2D eigenvalue weighted by Crippen LogP contribution is 2.14.